The van der Waals surface area contributed by atoms with Crippen LogP contribution >= 0.6 is 11.6 Å². The van der Waals surface area contributed by atoms with E-state index in [0.717, 1.165) is 11.1 Å². The van der Waals surface area contributed by atoms with Crippen molar-refractivity contribution >= 4 is 28.6 Å². The monoisotopic (exact) mass is 493 g/mol. The van der Waals surface area contributed by atoms with Gasteiger partial charge in [0.2, 0.25) is 0 Å². The van der Waals surface area contributed by atoms with Gasteiger partial charge in [-0.05, 0) is 78.9 Å². The minimum Gasteiger partial charge on any atom is -0.481 e. The summed E-state index contributed by atoms with van der Waals surface area (Å²) < 4.78 is 13.5. The van der Waals surface area contributed by atoms with Crippen molar-refractivity contribution in [1.82, 2.24) is 15.3 Å². The second-order valence-corrected chi connectivity index (χ2v) is 8.72. The third-order valence-electron chi connectivity index (χ3n) is 5.66. The fraction of sp³-hybridized carbons (Fsp3) is 0.222. The van der Waals surface area contributed by atoms with Crippen LogP contribution in [-0.2, 0) is 17.8 Å². The van der Waals surface area contributed by atoms with E-state index in [1.807, 2.05) is 12.1 Å². The quantitative estimate of drug-likeness (QED) is 0.195. The van der Waals surface area contributed by atoms with E-state index in [1.54, 1.807) is 42.5 Å². The van der Waals surface area contributed by atoms with Crippen molar-refractivity contribution in [1.29, 1.82) is 0 Å². The highest BCUT2D eigenvalue weighted by molar-refractivity contribution is 6.30. The molecule has 35 heavy (non-hydrogen) atoms. The van der Waals surface area contributed by atoms with Crippen LogP contribution in [0.15, 0.2) is 66.7 Å². The number of carbonyl (C=O) groups is 1. The summed E-state index contributed by atoms with van der Waals surface area (Å²) >= 11 is 5.92. The Balaban J connectivity index is 1.59. The SMILES string of the molecule is O=C(O)CCCCc1nc2cc(C(O)NCc3ccc(Cl)cc3)ccc2nc1-c1ccc(F)cc1. The summed E-state index contributed by atoms with van der Waals surface area (Å²) in [7, 11) is 0. The Kier molecular flexibility index (Phi) is 8.02. The van der Waals surface area contributed by atoms with E-state index >= 15 is 0 Å². The van der Waals surface area contributed by atoms with Crippen LogP contribution < -0.4 is 5.32 Å². The number of fused-ring (bicyclic) bond motifs is 1. The zero-order chi connectivity index (χ0) is 24.8. The number of aliphatic hydroxyl groups is 1. The normalized spacial score (nSPS) is 12.1. The van der Waals surface area contributed by atoms with Gasteiger partial charge >= 0.3 is 5.97 Å². The molecule has 0 aliphatic rings. The van der Waals surface area contributed by atoms with Gasteiger partial charge in [-0.3, -0.25) is 10.1 Å². The number of unbranched alkanes of at least 4 members (excludes halogenated alkanes) is 1. The molecule has 0 aliphatic heterocycles. The molecule has 0 aliphatic carbocycles. The van der Waals surface area contributed by atoms with Gasteiger partial charge in [0.05, 0.1) is 22.4 Å². The van der Waals surface area contributed by atoms with Gasteiger partial charge in [0.25, 0.3) is 0 Å². The summed E-state index contributed by atoms with van der Waals surface area (Å²) in [5.74, 6) is -1.17. The Morgan fingerprint density at radius 1 is 0.971 bits per heavy atom. The maximum absolute atomic E-state index is 13.5. The van der Waals surface area contributed by atoms with Crippen molar-refractivity contribution in [2.45, 2.75) is 38.5 Å². The zero-order valence-electron chi connectivity index (χ0n) is 18.9. The molecule has 0 saturated carbocycles. The maximum atomic E-state index is 13.5. The Morgan fingerprint density at radius 2 is 1.71 bits per heavy atom. The van der Waals surface area contributed by atoms with Crippen LogP contribution in [0.25, 0.3) is 22.3 Å². The van der Waals surface area contributed by atoms with Gasteiger partial charge in [0.1, 0.15) is 12.0 Å². The number of aromatic nitrogens is 2. The van der Waals surface area contributed by atoms with Gasteiger partial charge in [0.15, 0.2) is 0 Å². The molecule has 1 atom stereocenters. The predicted molar refractivity (Wildman–Crippen MR) is 133 cm³/mol. The maximum Gasteiger partial charge on any atom is 0.303 e. The number of halogens is 2. The van der Waals surface area contributed by atoms with Crippen molar-refractivity contribution in [3.05, 3.63) is 94.4 Å². The topological polar surface area (TPSA) is 95.3 Å². The van der Waals surface area contributed by atoms with Crippen LogP contribution in [-0.4, -0.2) is 26.2 Å². The number of aliphatic hydroxyl groups excluding tert-OH is 1. The molecule has 3 N–H and O–H groups in total. The summed E-state index contributed by atoms with van der Waals surface area (Å²) in [6, 6.07) is 18.8. The fourth-order valence-electron chi connectivity index (χ4n) is 3.79. The molecule has 0 bridgehead atoms. The van der Waals surface area contributed by atoms with E-state index in [1.165, 1.54) is 12.1 Å². The Hall–Kier alpha value is -3.39. The highest BCUT2D eigenvalue weighted by Crippen LogP contribution is 2.26. The summed E-state index contributed by atoms with van der Waals surface area (Å²) in [5, 5.41) is 23.3. The first-order chi connectivity index (χ1) is 16.9. The van der Waals surface area contributed by atoms with Gasteiger partial charge in [-0.25, -0.2) is 14.4 Å². The highest BCUT2D eigenvalue weighted by atomic mass is 35.5. The van der Waals surface area contributed by atoms with E-state index < -0.39 is 12.2 Å². The lowest BCUT2D eigenvalue weighted by molar-refractivity contribution is -0.137. The Morgan fingerprint density at radius 3 is 2.43 bits per heavy atom. The molecule has 0 radical (unpaired) electrons. The minimum absolute atomic E-state index is 0.0858. The number of aliphatic carboxylic acids is 1. The summed E-state index contributed by atoms with van der Waals surface area (Å²) in [6.07, 6.45) is 0.858. The molecule has 6 nitrogen and oxygen atoms in total. The lowest BCUT2D eigenvalue weighted by Gasteiger charge is -2.15. The number of benzene rings is 3. The number of rotatable bonds is 10. The summed E-state index contributed by atoms with van der Waals surface area (Å²) in [4.78, 5) is 20.4. The smallest absolute Gasteiger partial charge is 0.303 e. The predicted octanol–water partition coefficient (Wildman–Crippen LogP) is 5.67. The number of nitrogens with zero attached hydrogens (tertiary/aromatic N) is 2. The molecule has 0 fully saturated rings. The van der Waals surface area contributed by atoms with Crippen molar-refractivity contribution < 1.29 is 19.4 Å². The first-order valence-corrected chi connectivity index (χ1v) is 11.7. The average Bonchev–Trinajstić information content (AvgIpc) is 2.85. The molecule has 1 unspecified atom stereocenters. The number of aryl methyl sites for hydroxylation is 1. The molecule has 3 aromatic carbocycles. The standard InChI is InChI=1S/C27H25ClFN3O3/c28-20-10-5-17(6-11-20)16-30-27(35)19-9-14-22-24(15-19)31-23(3-1-2-4-25(33)34)26(32-22)18-7-12-21(29)13-8-18/h5-15,27,30,35H,1-4,16H2,(H,33,34). The Bertz CT molecular complexity index is 1310. The third-order valence-corrected chi connectivity index (χ3v) is 5.91. The van der Waals surface area contributed by atoms with Gasteiger partial charge in [-0.15, -0.1) is 0 Å². The first kappa shape index (κ1) is 24.7. The third kappa shape index (κ3) is 6.60. The van der Waals surface area contributed by atoms with Gasteiger partial charge in [0, 0.05) is 23.6 Å². The van der Waals surface area contributed by atoms with E-state index in [9.17, 15) is 14.3 Å². The number of hydrogen-bond donors (Lipinski definition) is 3. The van der Waals surface area contributed by atoms with Crippen molar-refractivity contribution in [3.8, 4) is 11.3 Å². The van der Waals surface area contributed by atoms with Gasteiger partial charge in [-0.1, -0.05) is 29.8 Å². The van der Waals surface area contributed by atoms with Gasteiger partial charge < -0.3 is 10.2 Å². The molecule has 180 valence electrons. The van der Waals surface area contributed by atoms with Crippen molar-refractivity contribution in [3.63, 3.8) is 0 Å². The van der Waals surface area contributed by atoms with Crippen LogP contribution in [0.1, 0.15) is 42.3 Å². The molecule has 0 saturated heterocycles. The molecule has 1 heterocycles. The number of carboxylic acid groups (broad SMARTS) is 1. The molecule has 0 spiro atoms. The Labute approximate surface area is 207 Å². The molecule has 4 rings (SSSR count). The van der Waals surface area contributed by atoms with Crippen molar-refractivity contribution in [2.24, 2.45) is 0 Å². The second-order valence-electron chi connectivity index (χ2n) is 8.28. The summed E-state index contributed by atoms with van der Waals surface area (Å²) in [6.45, 7) is 0.459. The lowest BCUT2D eigenvalue weighted by atomic mass is 10.0. The zero-order valence-corrected chi connectivity index (χ0v) is 19.7. The molecule has 8 heteroatoms. The van der Waals surface area contributed by atoms with Crippen LogP contribution in [0.4, 0.5) is 4.39 Å². The highest BCUT2D eigenvalue weighted by Gasteiger charge is 2.14. The molecular formula is C27H25ClFN3O3. The number of hydrogen-bond acceptors (Lipinski definition) is 5. The van der Waals surface area contributed by atoms with Crippen molar-refractivity contribution in [2.75, 3.05) is 0 Å². The van der Waals surface area contributed by atoms with E-state index in [0.29, 0.717) is 58.8 Å². The van der Waals surface area contributed by atoms with Crippen LogP contribution in [0.2, 0.25) is 5.02 Å². The first-order valence-electron chi connectivity index (χ1n) is 11.3. The minimum atomic E-state index is -0.910. The van der Waals surface area contributed by atoms with E-state index in [4.69, 9.17) is 26.7 Å². The number of carboxylic acids is 1. The molecule has 1 aromatic heterocycles. The number of nitrogens with one attached hydrogen (secondary N) is 1. The fourth-order valence-corrected chi connectivity index (χ4v) is 3.92. The second kappa shape index (κ2) is 11.4. The largest absolute Gasteiger partial charge is 0.481 e. The molecule has 4 aromatic rings. The van der Waals surface area contributed by atoms with E-state index in [-0.39, 0.29) is 12.2 Å². The van der Waals surface area contributed by atoms with Crippen LogP contribution in [0.3, 0.4) is 0 Å². The van der Waals surface area contributed by atoms with Gasteiger partial charge in [-0.2, -0.15) is 0 Å². The lowest BCUT2D eigenvalue weighted by Crippen LogP contribution is -2.20. The van der Waals surface area contributed by atoms with Crippen LogP contribution in [0, 0.1) is 5.82 Å². The van der Waals surface area contributed by atoms with Crippen LogP contribution in [0.5, 0.6) is 0 Å². The molecule has 0 amide bonds. The van der Waals surface area contributed by atoms with E-state index in [2.05, 4.69) is 5.32 Å². The average molecular weight is 494 g/mol. The molecular weight excluding hydrogens is 469 g/mol. The summed E-state index contributed by atoms with van der Waals surface area (Å²) in [5.41, 5.74) is 4.98.